The first-order valence-electron chi connectivity index (χ1n) is 5.15. The lowest BCUT2D eigenvalue weighted by Gasteiger charge is -2.09. The van der Waals surface area contributed by atoms with Gasteiger partial charge in [0.1, 0.15) is 11.6 Å². The van der Waals surface area contributed by atoms with Crippen molar-refractivity contribution < 1.29 is 19.1 Å². The number of carbonyl (C=O) groups excluding carboxylic acids is 3. The molecule has 0 fully saturated rings. The number of esters is 1. The highest BCUT2D eigenvalue weighted by molar-refractivity contribution is 6.00. The molecule has 0 rings (SSSR count). The fraction of sp³-hybridized carbons (Fsp3) is 0.727. The molecule has 15 heavy (non-hydrogen) atoms. The average molecular weight is 214 g/mol. The summed E-state index contributed by atoms with van der Waals surface area (Å²) < 4.78 is 4.74. The second kappa shape index (κ2) is 7.15. The van der Waals surface area contributed by atoms with Crippen LogP contribution in [0.4, 0.5) is 0 Å². The minimum atomic E-state index is -0.556. The zero-order valence-electron chi connectivity index (χ0n) is 9.54. The Labute approximate surface area is 90.0 Å². The molecule has 0 aliphatic heterocycles. The Morgan fingerprint density at radius 3 is 2.07 bits per heavy atom. The van der Waals surface area contributed by atoms with Crippen LogP contribution in [0.25, 0.3) is 0 Å². The molecular weight excluding hydrogens is 196 g/mol. The van der Waals surface area contributed by atoms with E-state index in [2.05, 4.69) is 0 Å². The zero-order chi connectivity index (χ0) is 11.8. The minimum absolute atomic E-state index is 0.133. The Hall–Kier alpha value is -1.19. The lowest BCUT2D eigenvalue weighted by molar-refractivity contribution is -0.143. The van der Waals surface area contributed by atoms with Crippen molar-refractivity contribution in [2.75, 3.05) is 6.61 Å². The highest BCUT2D eigenvalue weighted by Crippen LogP contribution is 2.11. The largest absolute Gasteiger partial charge is 0.466 e. The monoisotopic (exact) mass is 214 g/mol. The molecule has 0 spiro atoms. The third-order valence-electron chi connectivity index (χ3n) is 2.16. The van der Waals surface area contributed by atoms with Crippen LogP contribution in [0, 0.1) is 5.92 Å². The van der Waals surface area contributed by atoms with E-state index in [1.165, 1.54) is 13.8 Å². The summed E-state index contributed by atoms with van der Waals surface area (Å²) in [6, 6.07) is 0. The molecule has 0 saturated carbocycles. The van der Waals surface area contributed by atoms with Crippen molar-refractivity contribution in [3.05, 3.63) is 0 Å². The van der Waals surface area contributed by atoms with Gasteiger partial charge < -0.3 is 4.74 Å². The standard InChI is InChI=1S/C11H18O4/c1-4-15-11(14)7-5-6-10(8(2)12)9(3)13/h10H,4-7H2,1-3H3. The van der Waals surface area contributed by atoms with Crippen LogP contribution in [0.15, 0.2) is 0 Å². The van der Waals surface area contributed by atoms with Crippen LogP contribution in [0.3, 0.4) is 0 Å². The molecule has 4 nitrogen and oxygen atoms in total. The van der Waals surface area contributed by atoms with Crippen LogP contribution in [-0.2, 0) is 19.1 Å². The fourth-order valence-corrected chi connectivity index (χ4v) is 1.38. The fourth-order valence-electron chi connectivity index (χ4n) is 1.38. The summed E-state index contributed by atoms with van der Waals surface area (Å²) in [5.41, 5.74) is 0. The van der Waals surface area contributed by atoms with E-state index in [9.17, 15) is 14.4 Å². The van der Waals surface area contributed by atoms with Gasteiger partial charge in [0.05, 0.1) is 12.5 Å². The van der Waals surface area contributed by atoms with Crippen molar-refractivity contribution in [3.8, 4) is 0 Å². The molecule has 0 heterocycles. The maximum absolute atomic E-state index is 11.0. The molecule has 0 aromatic rings. The Kier molecular flexibility index (Phi) is 6.58. The van der Waals surface area contributed by atoms with Gasteiger partial charge in [0.15, 0.2) is 0 Å². The predicted molar refractivity (Wildman–Crippen MR) is 55.3 cm³/mol. The molecule has 0 amide bonds. The highest BCUT2D eigenvalue weighted by Gasteiger charge is 2.19. The molecule has 0 aromatic carbocycles. The molecule has 0 atom stereocenters. The molecule has 0 aliphatic rings. The third kappa shape index (κ3) is 5.99. The molecule has 0 N–H and O–H groups in total. The molecule has 0 saturated heterocycles. The Morgan fingerprint density at radius 2 is 1.67 bits per heavy atom. The number of hydrogen-bond acceptors (Lipinski definition) is 4. The summed E-state index contributed by atoms with van der Waals surface area (Å²) in [5.74, 6) is -1.10. The summed E-state index contributed by atoms with van der Waals surface area (Å²) in [7, 11) is 0. The summed E-state index contributed by atoms with van der Waals surface area (Å²) in [4.78, 5) is 33.1. The Balaban J connectivity index is 3.87. The van der Waals surface area contributed by atoms with Crippen molar-refractivity contribution >= 4 is 17.5 Å². The van der Waals surface area contributed by atoms with Crippen molar-refractivity contribution in [2.24, 2.45) is 5.92 Å². The van der Waals surface area contributed by atoms with Crippen LogP contribution in [0.1, 0.15) is 40.0 Å². The zero-order valence-corrected chi connectivity index (χ0v) is 9.54. The molecule has 0 unspecified atom stereocenters. The maximum atomic E-state index is 11.0. The number of carbonyl (C=O) groups is 3. The molecule has 0 aliphatic carbocycles. The molecule has 86 valence electrons. The number of rotatable bonds is 7. The van der Waals surface area contributed by atoms with Crippen LogP contribution in [0.5, 0.6) is 0 Å². The van der Waals surface area contributed by atoms with Gasteiger partial charge in [-0.2, -0.15) is 0 Å². The Morgan fingerprint density at radius 1 is 1.13 bits per heavy atom. The third-order valence-corrected chi connectivity index (χ3v) is 2.16. The van der Waals surface area contributed by atoms with E-state index < -0.39 is 5.92 Å². The van der Waals surface area contributed by atoms with Crippen molar-refractivity contribution in [2.45, 2.75) is 40.0 Å². The van der Waals surface area contributed by atoms with Crippen molar-refractivity contribution in [1.29, 1.82) is 0 Å². The van der Waals surface area contributed by atoms with Gasteiger partial charge in [0, 0.05) is 6.42 Å². The number of ether oxygens (including phenoxy) is 1. The van der Waals surface area contributed by atoms with E-state index in [-0.39, 0.29) is 24.0 Å². The van der Waals surface area contributed by atoms with E-state index in [1.54, 1.807) is 6.92 Å². The molecule has 0 bridgehead atoms. The van der Waals surface area contributed by atoms with Gasteiger partial charge in [-0.1, -0.05) is 0 Å². The van der Waals surface area contributed by atoms with E-state index in [1.807, 2.05) is 0 Å². The predicted octanol–water partition coefficient (Wildman–Crippen LogP) is 1.51. The molecular formula is C11H18O4. The number of hydrogen-bond donors (Lipinski definition) is 0. The van der Waals surface area contributed by atoms with Crippen LogP contribution in [0.2, 0.25) is 0 Å². The van der Waals surface area contributed by atoms with Crippen LogP contribution in [-0.4, -0.2) is 24.1 Å². The number of ketones is 2. The average Bonchev–Trinajstić information content (AvgIpc) is 2.11. The molecule has 0 aromatic heterocycles. The van der Waals surface area contributed by atoms with Gasteiger partial charge in [-0.05, 0) is 33.6 Å². The summed E-state index contributed by atoms with van der Waals surface area (Å²) in [5, 5.41) is 0. The van der Waals surface area contributed by atoms with E-state index in [0.29, 0.717) is 19.4 Å². The second-order valence-corrected chi connectivity index (χ2v) is 3.47. The van der Waals surface area contributed by atoms with E-state index >= 15 is 0 Å². The topological polar surface area (TPSA) is 60.4 Å². The Bertz CT molecular complexity index is 231. The van der Waals surface area contributed by atoms with Gasteiger partial charge in [0.25, 0.3) is 0 Å². The summed E-state index contributed by atoms with van der Waals surface area (Å²) >= 11 is 0. The van der Waals surface area contributed by atoms with Crippen LogP contribution < -0.4 is 0 Å². The van der Waals surface area contributed by atoms with E-state index in [0.717, 1.165) is 0 Å². The van der Waals surface area contributed by atoms with Gasteiger partial charge in [-0.3, -0.25) is 14.4 Å². The quantitative estimate of drug-likeness (QED) is 0.476. The van der Waals surface area contributed by atoms with E-state index in [4.69, 9.17) is 4.74 Å². The molecule has 0 radical (unpaired) electrons. The van der Waals surface area contributed by atoms with Crippen molar-refractivity contribution in [1.82, 2.24) is 0 Å². The second-order valence-electron chi connectivity index (χ2n) is 3.47. The summed E-state index contributed by atoms with van der Waals surface area (Å²) in [6.45, 7) is 4.90. The van der Waals surface area contributed by atoms with Gasteiger partial charge in [0.2, 0.25) is 0 Å². The minimum Gasteiger partial charge on any atom is -0.466 e. The highest BCUT2D eigenvalue weighted by atomic mass is 16.5. The first-order chi connectivity index (χ1) is 6.99. The number of Topliss-reactive ketones (excluding diaryl/α,β-unsaturated/α-hetero) is 2. The maximum Gasteiger partial charge on any atom is 0.305 e. The SMILES string of the molecule is CCOC(=O)CCCC(C(C)=O)C(C)=O. The van der Waals surface area contributed by atoms with Gasteiger partial charge in [-0.15, -0.1) is 0 Å². The first kappa shape index (κ1) is 13.8. The molecule has 4 heteroatoms. The van der Waals surface area contributed by atoms with Gasteiger partial charge >= 0.3 is 5.97 Å². The summed E-state index contributed by atoms with van der Waals surface area (Å²) in [6.07, 6.45) is 1.22. The van der Waals surface area contributed by atoms with Crippen molar-refractivity contribution in [3.63, 3.8) is 0 Å². The van der Waals surface area contributed by atoms with Gasteiger partial charge in [-0.25, -0.2) is 0 Å². The lowest BCUT2D eigenvalue weighted by Crippen LogP contribution is -2.19. The first-order valence-corrected chi connectivity index (χ1v) is 5.15. The smallest absolute Gasteiger partial charge is 0.305 e. The normalized spacial score (nSPS) is 10.1. The lowest BCUT2D eigenvalue weighted by atomic mass is 9.94. The van der Waals surface area contributed by atoms with Crippen LogP contribution >= 0.6 is 0 Å².